The summed E-state index contributed by atoms with van der Waals surface area (Å²) < 4.78 is 5.00. The number of anilines is 1. The van der Waals surface area contributed by atoms with Gasteiger partial charge in [-0.3, -0.25) is 9.78 Å². The number of likely N-dealkylation sites (tertiary alicyclic amines) is 1. The van der Waals surface area contributed by atoms with Gasteiger partial charge in [-0.05, 0) is 31.9 Å². The molecule has 28 heavy (non-hydrogen) atoms. The molecule has 0 bridgehead atoms. The summed E-state index contributed by atoms with van der Waals surface area (Å²) in [4.78, 5) is 38.4. The van der Waals surface area contributed by atoms with Gasteiger partial charge in [0.25, 0.3) is 5.91 Å². The van der Waals surface area contributed by atoms with E-state index in [0.717, 1.165) is 5.69 Å². The summed E-state index contributed by atoms with van der Waals surface area (Å²) in [7, 11) is 0. The zero-order valence-electron chi connectivity index (χ0n) is 15.8. The van der Waals surface area contributed by atoms with Gasteiger partial charge in [0.1, 0.15) is 0 Å². The first-order valence-electron chi connectivity index (χ1n) is 9.34. The molecule has 9 heteroatoms. The molecular formula is C19H24N6O3. The van der Waals surface area contributed by atoms with Crippen molar-refractivity contribution in [1.82, 2.24) is 25.2 Å². The van der Waals surface area contributed by atoms with Gasteiger partial charge in [0.05, 0.1) is 24.4 Å². The van der Waals surface area contributed by atoms with Crippen LogP contribution in [0.4, 0.5) is 10.7 Å². The number of amides is 2. The summed E-state index contributed by atoms with van der Waals surface area (Å²) in [5.41, 5.74) is 1.28. The van der Waals surface area contributed by atoms with Crippen LogP contribution in [0.25, 0.3) is 0 Å². The van der Waals surface area contributed by atoms with Crippen molar-refractivity contribution in [2.75, 3.05) is 25.0 Å². The van der Waals surface area contributed by atoms with Crippen LogP contribution in [-0.4, -0.2) is 57.6 Å². The van der Waals surface area contributed by atoms with Crippen LogP contribution in [-0.2, 0) is 11.3 Å². The highest BCUT2D eigenvalue weighted by atomic mass is 16.6. The van der Waals surface area contributed by atoms with Gasteiger partial charge < -0.3 is 20.3 Å². The lowest BCUT2D eigenvalue weighted by molar-refractivity contribution is 0.0859. The molecular weight excluding hydrogens is 360 g/mol. The highest BCUT2D eigenvalue weighted by Gasteiger charge is 2.24. The lowest BCUT2D eigenvalue weighted by Gasteiger charge is -2.31. The average molecular weight is 384 g/mol. The van der Waals surface area contributed by atoms with Crippen molar-refractivity contribution >= 4 is 17.9 Å². The predicted molar refractivity (Wildman–Crippen MR) is 103 cm³/mol. The smallest absolute Gasteiger partial charge is 0.409 e. The molecule has 1 aliphatic heterocycles. The zero-order chi connectivity index (χ0) is 19.8. The van der Waals surface area contributed by atoms with E-state index < -0.39 is 0 Å². The fourth-order valence-corrected chi connectivity index (χ4v) is 2.90. The second-order valence-corrected chi connectivity index (χ2v) is 6.40. The number of aromatic nitrogens is 3. The van der Waals surface area contributed by atoms with E-state index in [1.807, 2.05) is 18.2 Å². The number of pyridine rings is 1. The number of nitrogens with one attached hydrogen (secondary N) is 2. The van der Waals surface area contributed by atoms with E-state index in [2.05, 4.69) is 25.6 Å². The van der Waals surface area contributed by atoms with Crippen molar-refractivity contribution in [3.63, 3.8) is 0 Å². The van der Waals surface area contributed by atoms with E-state index in [1.165, 1.54) is 12.4 Å². The fraction of sp³-hybridized carbons (Fsp3) is 0.421. The lowest BCUT2D eigenvalue weighted by Crippen LogP contribution is -2.46. The number of nitrogens with zero attached hydrogens (tertiary/aromatic N) is 4. The number of rotatable bonds is 6. The first-order valence-corrected chi connectivity index (χ1v) is 9.34. The summed E-state index contributed by atoms with van der Waals surface area (Å²) in [6.07, 6.45) is 5.80. The summed E-state index contributed by atoms with van der Waals surface area (Å²) in [5, 5.41) is 6.04. The second-order valence-electron chi connectivity index (χ2n) is 6.40. The van der Waals surface area contributed by atoms with E-state index >= 15 is 0 Å². The molecule has 0 atom stereocenters. The molecule has 0 unspecified atom stereocenters. The minimum atomic E-state index is -0.297. The number of hydrogen-bond acceptors (Lipinski definition) is 7. The summed E-state index contributed by atoms with van der Waals surface area (Å²) >= 11 is 0. The molecule has 1 fully saturated rings. The topological polar surface area (TPSA) is 109 Å². The van der Waals surface area contributed by atoms with Crippen molar-refractivity contribution in [1.29, 1.82) is 0 Å². The largest absolute Gasteiger partial charge is 0.450 e. The third kappa shape index (κ3) is 5.38. The van der Waals surface area contributed by atoms with Crippen LogP contribution in [0, 0.1) is 0 Å². The van der Waals surface area contributed by atoms with Gasteiger partial charge >= 0.3 is 6.09 Å². The molecule has 0 aliphatic carbocycles. The first-order chi connectivity index (χ1) is 13.7. The number of ether oxygens (including phenoxy) is 1. The summed E-state index contributed by atoms with van der Waals surface area (Å²) in [5.74, 6) is 0.218. The Morgan fingerprint density at radius 2 is 1.93 bits per heavy atom. The molecule has 2 N–H and O–H groups in total. The van der Waals surface area contributed by atoms with Gasteiger partial charge in [-0.1, -0.05) is 6.07 Å². The molecule has 3 rings (SSSR count). The first kappa shape index (κ1) is 19.5. The fourth-order valence-electron chi connectivity index (χ4n) is 2.90. The van der Waals surface area contributed by atoms with E-state index in [1.54, 1.807) is 18.0 Å². The van der Waals surface area contributed by atoms with E-state index in [0.29, 0.717) is 50.6 Å². The monoisotopic (exact) mass is 384 g/mol. The Hall–Kier alpha value is -3.23. The molecule has 2 aromatic rings. The molecule has 2 amide bonds. The standard InChI is InChI=1S/C19H24N6O3/c1-2-28-19(27)25-9-6-15(7-10-25)24-17(26)14-11-21-18(22-12-14)23-13-16-5-3-4-8-20-16/h3-5,8,11-12,15H,2,6-7,9-10,13H2,1H3,(H,24,26)(H,21,22,23). The minimum Gasteiger partial charge on any atom is -0.450 e. The maximum absolute atomic E-state index is 12.4. The molecule has 3 heterocycles. The van der Waals surface area contributed by atoms with Crippen LogP contribution in [0.15, 0.2) is 36.8 Å². The quantitative estimate of drug-likeness (QED) is 0.782. The third-order valence-electron chi connectivity index (χ3n) is 4.42. The number of carbonyl (C=O) groups is 2. The molecule has 1 aliphatic rings. The molecule has 0 spiro atoms. The molecule has 0 radical (unpaired) electrons. The predicted octanol–water partition coefficient (Wildman–Crippen LogP) is 1.83. The maximum Gasteiger partial charge on any atom is 0.409 e. The Kier molecular flexibility index (Phi) is 6.72. The minimum absolute atomic E-state index is 0.0140. The Bertz CT molecular complexity index is 776. The highest BCUT2D eigenvalue weighted by molar-refractivity contribution is 5.93. The maximum atomic E-state index is 12.4. The number of piperidine rings is 1. The van der Waals surface area contributed by atoms with Crippen molar-refractivity contribution in [3.8, 4) is 0 Å². The van der Waals surface area contributed by atoms with E-state index in [9.17, 15) is 9.59 Å². The molecule has 0 aromatic carbocycles. The van der Waals surface area contributed by atoms with Crippen molar-refractivity contribution in [2.45, 2.75) is 32.4 Å². The number of hydrogen-bond donors (Lipinski definition) is 2. The van der Waals surface area contributed by atoms with Gasteiger partial charge in [-0.2, -0.15) is 0 Å². The third-order valence-corrected chi connectivity index (χ3v) is 4.42. The van der Waals surface area contributed by atoms with Crippen LogP contribution in [0.2, 0.25) is 0 Å². The lowest BCUT2D eigenvalue weighted by atomic mass is 10.1. The van der Waals surface area contributed by atoms with Crippen molar-refractivity contribution in [3.05, 3.63) is 48.0 Å². The molecule has 1 saturated heterocycles. The van der Waals surface area contributed by atoms with Gasteiger partial charge in [0.15, 0.2) is 0 Å². The van der Waals surface area contributed by atoms with Crippen LogP contribution in [0.3, 0.4) is 0 Å². The van der Waals surface area contributed by atoms with Crippen molar-refractivity contribution < 1.29 is 14.3 Å². The number of carbonyl (C=O) groups excluding carboxylic acids is 2. The van der Waals surface area contributed by atoms with Gasteiger partial charge in [0.2, 0.25) is 5.95 Å². The molecule has 9 nitrogen and oxygen atoms in total. The van der Waals surface area contributed by atoms with Gasteiger partial charge in [-0.15, -0.1) is 0 Å². The van der Waals surface area contributed by atoms with Crippen LogP contribution >= 0.6 is 0 Å². The highest BCUT2D eigenvalue weighted by Crippen LogP contribution is 2.12. The second kappa shape index (κ2) is 9.63. The van der Waals surface area contributed by atoms with Gasteiger partial charge in [0, 0.05) is 37.7 Å². The van der Waals surface area contributed by atoms with Crippen LogP contribution in [0.1, 0.15) is 35.8 Å². The SMILES string of the molecule is CCOC(=O)N1CCC(NC(=O)c2cnc(NCc3ccccn3)nc2)CC1. The Labute approximate surface area is 163 Å². The Balaban J connectivity index is 1.45. The normalized spacial score (nSPS) is 14.4. The zero-order valence-corrected chi connectivity index (χ0v) is 15.8. The van der Waals surface area contributed by atoms with E-state index in [4.69, 9.17) is 4.74 Å². The van der Waals surface area contributed by atoms with Crippen LogP contribution < -0.4 is 10.6 Å². The Morgan fingerprint density at radius 1 is 1.18 bits per heavy atom. The summed E-state index contributed by atoms with van der Waals surface area (Å²) in [6.45, 7) is 3.78. The molecule has 0 saturated carbocycles. The Morgan fingerprint density at radius 3 is 2.57 bits per heavy atom. The molecule has 2 aromatic heterocycles. The van der Waals surface area contributed by atoms with Crippen LogP contribution in [0.5, 0.6) is 0 Å². The van der Waals surface area contributed by atoms with Gasteiger partial charge in [-0.25, -0.2) is 14.8 Å². The summed E-state index contributed by atoms with van der Waals surface area (Å²) in [6, 6.07) is 5.69. The van der Waals surface area contributed by atoms with E-state index in [-0.39, 0.29) is 18.0 Å². The molecule has 148 valence electrons. The average Bonchev–Trinajstić information content (AvgIpc) is 2.74. The van der Waals surface area contributed by atoms with Crippen molar-refractivity contribution in [2.24, 2.45) is 0 Å².